The molecule has 1 aromatic rings. The van der Waals surface area contributed by atoms with Crippen molar-refractivity contribution >= 4 is 41.6 Å². The molecule has 0 atom stereocenters. The molecule has 110 valence electrons. The van der Waals surface area contributed by atoms with Crippen LogP contribution < -0.4 is 4.74 Å². The molecule has 1 aromatic carbocycles. The molecule has 0 N–H and O–H groups in total. The van der Waals surface area contributed by atoms with Crippen molar-refractivity contribution in [3.8, 4) is 5.75 Å². The molecule has 2 rings (SSSR count). The van der Waals surface area contributed by atoms with E-state index in [0.717, 1.165) is 12.8 Å². The molecule has 1 saturated heterocycles. The van der Waals surface area contributed by atoms with E-state index in [1.807, 2.05) is 0 Å². The maximum absolute atomic E-state index is 12.3. The molecule has 0 saturated carbocycles. The van der Waals surface area contributed by atoms with Crippen LogP contribution in [0.3, 0.4) is 0 Å². The maximum atomic E-state index is 12.3. The van der Waals surface area contributed by atoms with E-state index in [1.54, 1.807) is 11.0 Å². The molecule has 1 aliphatic heterocycles. The summed E-state index contributed by atoms with van der Waals surface area (Å²) in [5.41, 5.74) is 0.277. The fraction of sp³-hybridized carbons (Fsp3) is 0.417. The normalized spacial score (nSPS) is 15.4. The van der Waals surface area contributed by atoms with E-state index in [9.17, 15) is 13.2 Å². The van der Waals surface area contributed by atoms with Crippen molar-refractivity contribution in [1.29, 1.82) is 0 Å². The van der Waals surface area contributed by atoms with Crippen molar-refractivity contribution in [3.63, 3.8) is 0 Å². The van der Waals surface area contributed by atoms with Gasteiger partial charge < -0.3 is 9.64 Å². The van der Waals surface area contributed by atoms with Gasteiger partial charge in [0.05, 0.1) is 11.6 Å². The zero-order valence-electron chi connectivity index (χ0n) is 10.7. The van der Waals surface area contributed by atoms with E-state index in [1.165, 1.54) is 13.2 Å². The van der Waals surface area contributed by atoms with Crippen molar-refractivity contribution in [2.24, 2.45) is 0 Å². The number of likely N-dealkylation sites (tertiary alicyclic amines) is 1. The molecule has 5 nitrogen and oxygen atoms in total. The molecular formula is C12H13BrClNO4S. The predicted molar refractivity (Wildman–Crippen MR) is 78.9 cm³/mol. The lowest BCUT2D eigenvalue weighted by Gasteiger charge is -2.17. The van der Waals surface area contributed by atoms with E-state index >= 15 is 0 Å². The van der Waals surface area contributed by atoms with Crippen molar-refractivity contribution in [1.82, 2.24) is 4.90 Å². The fourth-order valence-corrected chi connectivity index (χ4v) is 3.95. The largest absolute Gasteiger partial charge is 0.494 e. The third-order valence-corrected chi connectivity index (χ3v) is 5.03. The van der Waals surface area contributed by atoms with Crippen LogP contribution in [0.15, 0.2) is 21.5 Å². The molecule has 0 aromatic heterocycles. The summed E-state index contributed by atoms with van der Waals surface area (Å²) in [6.07, 6.45) is 1.92. The van der Waals surface area contributed by atoms with Gasteiger partial charge in [-0.25, -0.2) is 8.42 Å². The first-order valence-corrected chi connectivity index (χ1v) is 9.06. The summed E-state index contributed by atoms with van der Waals surface area (Å²) < 4.78 is 28.6. The zero-order valence-corrected chi connectivity index (χ0v) is 13.9. The highest BCUT2D eigenvalue weighted by Gasteiger charge is 2.25. The number of halogens is 2. The summed E-state index contributed by atoms with van der Waals surface area (Å²) in [5.74, 6) is -0.106. The summed E-state index contributed by atoms with van der Waals surface area (Å²) in [5, 5.41) is 0. The molecular weight excluding hydrogens is 370 g/mol. The van der Waals surface area contributed by atoms with Crippen LogP contribution in [0.25, 0.3) is 0 Å². The molecule has 1 heterocycles. The number of methoxy groups -OCH3 is 1. The third kappa shape index (κ3) is 3.10. The Bertz CT molecular complexity index is 641. The number of benzene rings is 1. The molecule has 0 radical (unpaired) electrons. The number of hydrogen-bond donors (Lipinski definition) is 0. The van der Waals surface area contributed by atoms with E-state index < -0.39 is 9.05 Å². The molecule has 20 heavy (non-hydrogen) atoms. The molecule has 0 aliphatic carbocycles. The quantitative estimate of drug-likeness (QED) is 0.754. The number of ether oxygens (including phenoxy) is 1. The SMILES string of the molecule is COc1c(Br)cc(C(=O)N2CCCC2)cc1S(=O)(=O)Cl. The van der Waals surface area contributed by atoms with Crippen LogP contribution in [0.2, 0.25) is 0 Å². The predicted octanol–water partition coefficient (Wildman–Crippen LogP) is 2.62. The van der Waals surface area contributed by atoms with Gasteiger partial charge in [0.15, 0.2) is 5.75 Å². The zero-order chi connectivity index (χ0) is 14.9. The lowest BCUT2D eigenvalue weighted by Crippen LogP contribution is -2.27. The van der Waals surface area contributed by atoms with Gasteiger partial charge in [-0.3, -0.25) is 4.79 Å². The van der Waals surface area contributed by atoms with E-state index in [4.69, 9.17) is 15.4 Å². The molecule has 1 amide bonds. The Hall–Kier alpha value is -0.790. The highest BCUT2D eigenvalue weighted by molar-refractivity contribution is 9.10. The number of carbonyl (C=O) groups excluding carboxylic acids is 1. The maximum Gasteiger partial charge on any atom is 0.265 e. The van der Waals surface area contributed by atoms with Gasteiger partial charge in [-0.1, -0.05) is 0 Å². The second-order valence-corrected chi connectivity index (χ2v) is 7.82. The van der Waals surface area contributed by atoms with Gasteiger partial charge in [0.25, 0.3) is 15.0 Å². The highest BCUT2D eigenvalue weighted by atomic mass is 79.9. The molecule has 1 aliphatic rings. The van der Waals surface area contributed by atoms with Gasteiger partial charge in [-0.2, -0.15) is 0 Å². The van der Waals surface area contributed by atoms with Gasteiger partial charge >= 0.3 is 0 Å². The number of amides is 1. The summed E-state index contributed by atoms with van der Waals surface area (Å²) in [6.45, 7) is 1.37. The lowest BCUT2D eigenvalue weighted by atomic mass is 10.2. The second-order valence-electron chi connectivity index (χ2n) is 4.43. The van der Waals surface area contributed by atoms with Crippen LogP contribution in [0.4, 0.5) is 0 Å². The van der Waals surface area contributed by atoms with Crippen LogP contribution in [-0.2, 0) is 9.05 Å². The standard InChI is InChI=1S/C12H13BrClNO4S/c1-19-11-9(13)6-8(7-10(11)20(14,17)18)12(16)15-4-2-3-5-15/h6-7H,2-5H2,1H3. The van der Waals surface area contributed by atoms with Gasteiger partial charge in [0.2, 0.25) is 0 Å². The number of hydrogen-bond acceptors (Lipinski definition) is 4. The van der Waals surface area contributed by atoms with Crippen molar-refractivity contribution in [3.05, 3.63) is 22.2 Å². The van der Waals surface area contributed by atoms with E-state index in [2.05, 4.69) is 15.9 Å². The van der Waals surface area contributed by atoms with Crippen LogP contribution >= 0.6 is 26.6 Å². The van der Waals surface area contributed by atoms with Crippen molar-refractivity contribution < 1.29 is 17.9 Å². The fourth-order valence-electron chi connectivity index (χ4n) is 2.17. The van der Waals surface area contributed by atoms with Gasteiger partial charge in [-0.05, 0) is 40.9 Å². The van der Waals surface area contributed by atoms with Crippen LogP contribution in [0.1, 0.15) is 23.2 Å². The Kier molecular flexibility index (Phi) is 4.61. The van der Waals surface area contributed by atoms with Crippen LogP contribution in [-0.4, -0.2) is 39.4 Å². The minimum atomic E-state index is -4.00. The molecule has 0 unspecified atom stereocenters. The minimum Gasteiger partial charge on any atom is -0.494 e. The topological polar surface area (TPSA) is 63.7 Å². The number of rotatable bonds is 3. The molecule has 8 heteroatoms. The van der Waals surface area contributed by atoms with Crippen LogP contribution in [0, 0.1) is 0 Å². The number of nitrogens with zero attached hydrogens (tertiary/aromatic N) is 1. The average molecular weight is 383 g/mol. The Morgan fingerprint density at radius 3 is 2.45 bits per heavy atom. The second kappa shape index (κ2) is 5.91. The van der Waals surface area contributed by atoms with Crippen molar-refractivity contribution in [2.45, 2.75) is 17.7 Å². The molecule has 1 fully saturated rings. The summed E-state index contributed by atoms with van der Waals surface area (Å²) >= 11 is 3.21. The first-order chi connectivity index (χ1) is 9.34. The summed E-state index contributed by atoms with van der Waals surface area (Å²) in [6, 6.07) is 2.80. The molecule has 0 spiro atoms. The smallest absolute Gasteiger partial charge is 0.265 e. The van der Waals surface area contributed by atoms with Crippen LogP contribution in [0.5, 0.6) is 5.75 Å². The average Bonchev–Trinajstić information content (AvgIpc) is 2.89. The summed E-state index contributed by atoms with van der Waals surface area (Å²) in [4.78, 5) is 13.8. The first kappa shape index (κ1) is 15.6. The van der Waals surface area contributed by atoms with Gasteiger partial charge in [0, 0.05) is 29.3 Å². The monoisotopic (exact) mass is 381 g/mol. The minimum absolute atomic E-state index is 0.0953. The molecule has 0 bridgehead atoms. The third-order valence-electron chi connectivity index (χ3n) is 3.12. The highest BCUT2D eigenvalue weighted by Crippen LogP contribution is 2.36. The van der Waals surface area contributed by atoms with E-state index in [0.29, 0.717) is 17.6 Å². The van der Waals surface area contributed by atoms with Gasteiger partial charge in [0.1, 0.15) is 4.90 Å². The first-order valence-electron chi connectivity index (χ1n) is 5.96. The number of carbonyl (C=O) groups is 1. The Balaban J connectivity index is 2.51. The Morgan fingerprint density at radius 1 is 1.35 bits per heavy atom. The summed E-state index contributed by atoms with van der Waals surface area (Å²) in [7, 11) is 2.74. The Labute approximate surface area is 130 Å². The van der Waals surface area contributed by atoms with Gasteiger partial charge in [-0.15, -0.1) is 0 Å². The van der Waals surface area contributed by atoms with E-state index in [-0.39, 0.29) is 22.1 Å². The van der Waals surface area contributed by atoms with Crippen molar-refractivity contribution in [2.75, 3.05) is 20.2 Å². The lowest BCUT2D eigenvalue weighted by molar-refractivity contribution is 0.0792. The Morgan fingerprint density at radius 2 is 1.95 bits per heavy atom.